The van der Waals surface area contributed by atoms with Crippen LogP contribution in [0.5, 0.6) is 0 Å². The molecular formula is C11H10BrFN4O. The van der Waals surface area contributed by atoms with Gasteiger partial charge in [-0.3, -0.25) is 4.79 Å². The minimum atomic E-state index is -0.553. The lowest BCUT2D eigenvalue weighted by atomic mass is 10.1. The van der Waals surface area contributed by atoms with Gasteiger partial charge in [0.25, 0.3) is 0 Å². The first-order chi connectivity index (χ1) is 8.60. The molecule has 1 heterocycles. The summed E-state index contributed by atoms with van der Waals surface area (Å²) in [6, 6.07) is 4.22. The molecule has 2 rings (SSSR count). The van der Waals surface area contributed by atoms with E-state index in [1.54, 1.807) is 6.20 Å². The van der Waals surface area contributed by atoms with Gasteiger partial charge < -0.3 is 5.73 Å². The van der Waals surface area contributed by atoms with Crippen molar-refractivity contribution in [3.05, 3.63) is 45.9 Å². The molecule has 0 unspecified atom stereocenters. The van der Waals surface area contributed by atoms with Crippen LogP contribution in [0.3, 0.4) is 0 Å². The maximum Gasteiger partial charge on any atom is 0.187 e. The fourth-order valence-electron chi connectivity index (χ4n) is 1.45. The first-order valence-electron chi connectivity index (χ1n) is 5.17. The predicted molar refractivity (Wildman–Crippen MR) is 66.3 cm³/mol. The zero-order valence-corrected chi connectivity index (χ0v) is 10.9. The lowest BCUT2D eigenvalue weighted by molar-refractivity contribution is 0.0963. The van der Waals surface area contributed by atoms with Crippen LogP contribution in [0.2, 0.25) is 0 Å². The van der Waals surface area contributed by atoms with E-state index in [4.69, 9.17) is 5.73 Å². The Labute approximate surface area is 111 Å². The van der Waals surface area contributed by atoms with E-state index < -0.39 is 5.82 Å². The van der Waals surface area contributed by atoms with Crippen LogP contribution in [0.4, 0.5) is 4.39 Å². The van der Waals surface area contributed by atoms with E-state index in [1.807, 2.05) is 0 Å². The Morgan fingerprint density at radius 3 is 2.94 bits per heavy atom. The Morgan fingerprint density at radius 2 is 2.28 bits per heavy atom. The zero-order chi connectivity index (χ0) is 13.1. The van der Waals surface area contributed by atoms with Crippen LogP contribution >= 0.6 is 15.9 Å². The van der Waals surface area contributed by atoms with E-state index >= 15 is 0 Å². The summed E-state index contributed by atoms with van der Waals surface area (Å²) >= 11 is 3.20. The summed E-state index contributed by atoms with van der Waals surface area (Å²) < 4.78 is 15.5. The van der Waals surface area contributed by atoms with Gasteiger partial charge in [0.1, 0.15) is 12.4 Å². The second kappa shape index (κ2) is 5.36. The molecule has 1 aromatic carbocycles. The van der Waals surface area contributed by atoms with Crippen molar-refractivity contribution in [2.45, 2.75) is 13.1 Å². The quantitative estimate of drug-likeness (QED) is 0.869. The van der Waals surface area contributed by atoms with Gasteiger partial charge >= 0.3 is 0 Å². The molecule has 0 amide bonds. The number of carbonyl (C=O) groups excluding carboxylic acids is 1. The van der Waals surface area contributed by atoms with Gasteiger partial charge in [-0.15, -0.1) is 5.10 Å². The van der Waals surface area contributed by atoms with E-state index in [9.17, 15) is 9.18 Å². The van der Waals surface area contributed by atoms with E-state index in [0.717, 1.165) is 0 Å². The van der Waals surface area contributed by atoms with Crippen LogP contribution in [0.15, 0.2) is 28.9 Å². The van der Waals surface area contributed by atoms with Crippen molar-refractivity contribution in [2.75, 3.05) is 0 Å². The first kappa shape index (κ1) is 12.8. The molecular weight excluding hydrogens is 303 g/mol. The van der Waals surface area contributed by atoms with E-state index in [-0.39, 0.29) is 24.4 Å². The molecule has 0 aliphatic rings. The molecule has 2 N–H and O–H groups in total. The maximum absolute atomic E-state index is 13.5. The van der Waals surface area contributed by atoms with Crippen molar-refractivity contribution in [3.8, 4) is 0 Å². The van der Waals surface area contributed by atoms with Crippen molar-refractivity contribution < 1.29 is 9.18 Å². The summed E-state index contributed by atoms with van der Waals surface area (Å²) in [5.41, 5.74) is 5.99. The number of ketones is 1. The smallest absolute Gasteiger partial charge is 0.187 e. The topological polar surface area (TPSA) is 73.8 Å². The number of rotatable bonds is 4. The fourth-order valence-corrected chi connectivity index (χ4v) is 1.81. The van der Waals surface area contributed by atoms with Crippen LogP contribution in [0.1, 0.15) is 16.1 Å². The Morgan fingerprint density at radius 1 is 1.50 bits per heavy atom. The second-order valence-corrected chi connectivity index (χ2v) is 4.57. The number of aromatic nitrogens is 3. The molecule has 0 saturated carbocycles. The minimum absolute atomic E-state index is 0.0224. The molecule has 0 aliphatic heterocycles. The molecule has 0 saturated heterocycles. The normalized spacial score (nSPS) is 10.6. The number of hydrogen-bond donors (Lipinski definition) is 1. The Hall–Kier alpha value is -1.60. The van der Waals surface area contributed by atoms with Gasteiger partial charge in [0.05, 0.1) is 17.5 Å². The van der Waals surface area contributed by atoms with E-state index in [1.165, 1.54) is 22.9 Å². The molecule has 0 aliphatic carbocycles. The highest BCUT2D eigenvalue weighted by atomic mass is 79.9. The maximum atomic E-state index is 13.5. The van der Waals surface area contributed by atoms with Crippen molar-refractivity contribution in [1.29, 1.82) is 0 Å². The van der Waals surface area contributed by atoms with Gasteiger partial charge in [0.15, 0.2) is 5.78 Å². The lowest BCUT2D eigenvalue weighted by Crippen LogP contribution is -2.12. The average molecular weight is 313 g/mol. The third-order valence-electron chi connectivity index (χ3n) is 2.33. The van der Waals surface area contributed by atoms with Gasteiger partial charge in [-0.25, -0.2) is 9.07 Å². The molecule has 1 aromatic heterocycles. The second-order valence-electron chi connectivity index (χ2n) is 3.66. The Kier molecular flexibility index (Phi) is 3.83. The van der Waals surface area contributed by atoms with E-state index in [0.29, 0.717) is 10.2 Å². The third kappa shape index (κ3) is 2.80. The number of hydrogen-bond acceptors (Lipinski definition) is 4. The lowest BCUT2D eigenvalue weighted by Gasteiger charge is -2.03. The molecule has 0 atom stereocenters. The summed E-state index contributed by atoms with van der Waals surface area (Å²) in [6.07, 6.45) is 1.56. The van der Waals surface area contributed by atoms with Crippen LogP contribution < -0.4 is 5.73 Å². The van der Waals surface area contributed by atoms with E-state index in [2.05, 4.69) is 26.2 Å². The summed E-state index contributed by atoms with van der Waals surface area (Å²) in [5, 5.41) is 7.49. The van der Waals surface area contributed by atoms with Crippen molar-refractivity contribution >= 4 is 21.7 Å². The first-order valence-corrected chi connectivity index (χ1v) is 5.97. The number of benzene rings is 1. The summed E-state index contributed by atoms with van der Waals surface area (Å²) in [7, 11) is 0. The number of halogens is 2. The molecule has 94 valence electrons. The molecule has 0 bridgehead atoms. The molecule has 18 heavy (non-hydrogen) atoms. The van der Waals surface area contributed by atoms with Crippen LogP contribution in [-0.2, 0) is 13.1 Å². The zero-order valence-electron chi connectivity index (χ0n) is 9.31. The predicted octanol–water partition coefficient (Wildman–Crippen LogP) is 1.52. The molecule has 0 radical (unpaired) electrons. The van der Waals surface area contributed by atoms with Gasteiger partial charge in [0, 0.05) is 11.0 Å². The number of nitrogens with two attached hydrogens (primary N) is 1. The van der Waals surface area contributed by atoms with Crippen LogP contribution in [0.25, 0.3) is 0 Å². The van der Waals surface area contributed by atoms with Crippen LogP contribution in [0, 0.1) is 5.82 Å². The summed E-state index contributed by atoms with van der Waals surface area (Å²) in [4.78, 5) is 11.9. The van der Waals surface area contributed by atoms with Gasteiger partial charge in [-0.1, -0.05) is 21.1 Å². The summed E-state index contributed by atoms with van der Waals surface area (Å²) in [6.45, 7) is 0.180. The Balaban J connectivity index is 2.19. The largest absolute Gasteiger partial charge is 0.325 e. The summed E-state index contributed by atoms with van der Waals surface area (Å²) in [5.74, 6) is -0.926. The average Bonchev–Trinajstić information content (AvgIpc) is 2.80. The molecule has 0 fully saturated rings. The van der Waals surface area contributed by atoms with Crippen LogP contribution in [-0.4, -0.2) is 20.8 Å². The molecule has 0 spiro atoms. The van der Waals surface area contributed by atoms with Crippen molar-refractivity contribution in [3.63, 3.8) is 0 Å². The third-order valence-corrected chi connectivity index (χ3v) is 2.82. The number of Topliss-reactive ketones (excluding diaryl/α,β-unsaturated/α-hetero) is 1. The monoisotopic (exact) mass is 312 g/mol. The van der Waals surface area contributed by atoms with Crippen molar-refractivity contribution in [1.82, 2.24) is 15.0 Å². The van der Waals surface area contributed by atoms with Gasteiger partial charge in [-0.05, 0) is 18.2 Å². The van der Waals surface area contributed by atoms with Gasteiger partial charge in [-0.2, -0.15) is 0 Å². The van der Waals surface area contributed by atoms with Crippen molar-refractivity contribution in [2.24, 2.45) is 5.73 Å². The fraction of sp³-hybridized carbons (Fsp3) is 0.182. The minimum Gasteiger partial charge on any atom is -0.325 e. The highest BCUT2D eigenvalue weighted by Gasteiger charge is 2.13. The number of nitrogens with zero attached hydrogens (tertiary/aromatic N) is 3. The molecule has 5 nitrogen and oxygen atoms in total. The molecule has 2 aromatic rings. The molecule has 7 heteroatoms. The highest BCUT2D eigenvalue weighted by molar-refractivity contribution is 9.10. The van der Waals surface area contributed by atoms with Gasteiger partial charge in [0.2, 0.25) is 0 Å². The highest BCUT2D eigenvalue weighted by Crippen LogP contribution is 2.16. The Bertz CT molecular complexity index is 584. The SMILES string of the molecule is NCc1cn(CC(=O)c2cc(Br)ccc2F)nn1. The number of carbonyl (C=O) groups is 1. The standard InChI is InChI=1S/C11H10BrFN4O/c12-7-1-2-10(13)9(3-7)11(18)6-17-5-8(4-14)15-16-17/h1-3,5H,4,6,14H2.